The molecule has 0 spiro atoms. The van der Waals surface area contributed by atoms with Gasteiger partial charge in [0.1, 0.15) is 0 Å². The van der Waals surface area contributed by atoms with E-state index in [1.165, 1.54) is 0 Å². The molecule has 5 heteroatoms. The van der Waals surface area contributed by atoms with E-state index in [2.05, 4.69) is 21.2 Å². The molecule has 0 unspecified atom stereocenters. The molecule has 0 bridgehead atoms. The van der Waals surface area contributed by atoms with E-state index in [9.17, 15) is 5.11 Å². The molecule has 2 nitrogen and oxygen atoms in total. The molecule has 0 fully saturated rings. The van der Waals surface area contributed by atoms with Crippen LogP contribution in [0.5, 0.6) is 0 Å². The number of halogens is 3. The first-order valence-corrected chi connectivity index (χ1v) is 5.95. The minimum Gasteiger partial charge on any atom is -0.389 e. The van der Waals surface area contributed by atoms with E-state index in [4.69, 9.17) is 23.2 Å². The molecule has 15 heavy (non-hydrogen) atoms. The van der Waals surface area contributed by atoms with Crippen LogP contribution in [0.25, 0.3) is 0 Å². The van der Waals surface area contributed by atoms with Gasteiger partial charge in [0.2, 0.25) is 0 Å². The lowest BCUT2D eigenvalue weighted by Gasteiger charge is -2.19. The summed E-state index contributed by atoms with van der Waals surface area (Å²) in [6, 6.07) is 3.50. The number of hydrogen-bond acceptors (Lipinski definition) is 2. The molecule has 0 heterocycles. The number of hydrogen-bond donors (Lipinski definition) is 2. The van der Waals surface area contributed by atoms with Crippen LogP contribution in [-0.2, 0) is 0 Å². The fraction of sp³-hybridized carbons (Fsp3) is 0.400. The Hall–Kier alpha value is 0.0400. The van der Waals surface area contributed by atoms with Gasteiger partial charge < -0.3 is 10.4 Å². The molecule has 0 radical (unpaired) electrons. The lowest BCUT2D eigenvalue weighted by atomic mass is 10.1. The third-order valence-corrected chi connectivity index (χ3v) is 2.76. The van der Waals surface area contributed by atoms with Crippen LogP contribution < -0.4 is 5.32 Å². The maximum Gasteiger partial charge on any atom is 0.0763 e. The van der Waals surface area contributed by atoms with Gasteiger partial charge in [0.15, 0.2) is 0 Å². The van der Waals surface area contributed by atoms with Gasteiger partial charge in [0.05, 0.1) is 21.3 Å². The molecule has 1 aromatic rings. The Morgan fingerprint density at radius 3 is 2.20 bits per heavy atom. The zero-order valence-corrected chi connectivity index (χ0v) is 11.5. The van der Waals surface area contributed by atoms with E-state index in [0.717, 1.165) is 4.47 Å². The summed E-state index contributed by atoms with van der Waals surface area (Å²) in [4.78, 5) is 0. The average Bonchev–Trinajstić information content (AvgIpc) is 1.99. The van der Waals surface area contributed by atoms with Gasteiger partial charge in [-0.05, 0) is 26.0 Å². The zero-order valence-electron chi connectivity index (χ0n) is 8.44. The first kappa shape index (κ1) is 13.1. The quantitative estimate of drug-likeness (QED) is 0.886. The lowest BCUT2D eigenvalue weighted by molar-refractivity contribution is 0.0945. The highest BCUT2D eigenvalue weighted by Gasteiger charge is 2.14. The van der Waals surface area contributed by atoms with Gasteiger partial charge in [0.25, 0.3) is 0 Å². The molecule has 1 rings (SSSR count). The first-order chi connectivity index (χ1) is 6.79. The van der Waals surface area contributed by atoms with Crippen LogP contribution in [0.2, 0.25) is 10.0 Å². The van der Waals surface area contributed by atoms with Crippen molar-refractivity contribution < 1.29 is 5.11 Å². The summed E-state index contributed by atoms with van der Waals surface area (Å²) < 4.78 is 0.825. The number of rotatable bonds is 3. The van der Waals surface area contributed by atoms with Gasteiger partial charge in [-0.1, -0.05) is 39.1 Å². The van der Waals surface area contributed by atoms with Crippen molar-refractivity contribution in [2.75, 3.05) is 11.9 Å². The molecule has 0 aliphatic heterocycles. The van der Waals surface area contributed by atoms with E-state index >= 15 is 0 Å². The second-order valence-corrected chi connectivity index (χ2v) is 5.64. The molecule has 2 N–H and O–H groups in total. The van der Waals surface area contributed by atoms with Crippen LogP contribution in [0, 0.1) is 0 Å². The summed E-state index contributed by atoms with van der Waals surface area (Å²) in [6.07, 6.45) is 0. The van der Waals surface area contributed by atoms with Crippen LogP contribution in [0.15, 0.2) is 16.6 Å². The molecule has 0 aliphatic carbocycles. The van der Waals surface area contributed by atoms with Crippen molar-refractivity contribution in [3.05, 3.63) is 26.7 Å². The largest absolute Gasteiger partial charge is 0.389 e. The van der Waals surface area contributed by atoms with Crippen LogP contribution in [0.4, 0.5) is 5.69 Å². The minimum atomic E-state index is -0.806. The lowest BCUT2D eigenvalue weighted by Crippen LogP contribution is -2.29. The van der Waals surface area contributed by atoms with Crippen molar-refractivity contribution >= 4 is 44.8 Å². The standard InChI is InChI=1S/C10H12BrCl2NO/c1-10(2,15)5-14-9-7(12)3-6(11)4-8(9)13/h3-4,14-15H,5H2,1-2H3. The Labute approximate surface area is 108 Å². The van der Waals surface area contributed by atoms with Crippen LogP contribution in [-0.4, -0.2) is 17.3 Å². The molecule has 0 amide bonds. The molecule has 0 saturated heterocycles. The number of anilines is 1. The van der Waals surface area contributed by atoms with E-state index in [0.29, 0.717) is 22.3 Å². The second-order valence-electron chi connectivity index (χ2n) is 3.91. The maximum absolute atomic E-state index is 9.56. The smallest absolute Gasteiger partial charge is 0.0763 e. The first-order valence-electron chi connectivity index (χ1n) is 4.40. The molecule has 0 aromatic heterocycles. The van der Waals surface area contributed by atoms with Crippen molar-refractivity contribution in [1.82, 2.24) is 0 Å². The topological polar surface area (TPSA) is 32.3 Å². The van der Waals surface area contributed by atoms with Crippen molar-refractivity contribution in [2.24, 2.45) is 0 Å². The fourth-order valence-corrected chi connectivity index (χ4v) is 2.36. The Balaban J connectivity index is 2.86. The van der Waals surface area contributed by atoms with Gasteiger partial charge in [-0.3, -0.25) is 0 Å². The van der Waals surface area contributed by atoms with E-state index in [1.807, 2.05) is 0 Å². The van der Waals surface area contributed by atoms with E-state index < -0.39 is 5.60 Å². The zero-order chi connectivity index (χ0) is 11.6. The number of benzene rings is 1. The molecule has 0 saturated carbocycles. The number of nitrogens with one attached hydrogen (secondary N) is 1. The Bertz CT molecular complexity index is 340. The Morgan fingerprint density at radius 1 is 1.33 bits per heavy atom. The normalized spacial score (nSPS) is 11.6. The highest BCUT2D eigenvalue weighted by atomic mass is 79.9. The third-order valence-electron chi connectivity index (χ3n) is 1.70. The van der Waals surface area contributed by atoms with Crippen molar-refractivity contribution in [2.45, 2.75) is 19.4 Å². The third kappa shape index (κ3) is 4.19. The summed E-state index contributed by atoms with van der Waals surface area (Å²) in [5.41, 5.74) is -0.164. The van der Waals surface area contributed by atoms with Crippen LogP contribution in [0.1, 0.15) is 13.8 Å². The average molecular weight is 313 g/mol. The maximum atomic E-state index is 9.56. The number of aliphatic hydroxyl groups is 1. The monoisotopic (exact) mass is 311 g/mol. The summed E-state index contributed by atoms with van der Waals surface area (Å²) in [5.74, 6) is 0. The summed E-state index contributed by atoms with van der Waals surface area (Å²) in [6.45, 7) is 3.80. The van der Waals surface area contributed by atoms with Crippen molar-refractivity contribution in [3.63, 3.8) is 0 Å². The van der Waals surface area contributed by atoms with E-state index in [-0.39, 0.29) is 0 Å². The molecular weight excluding hydrogens is 301 g/mol. The summed E-state index contributed by atoms with van der Waals surface area (Å²) >= 11 is 15.3. The predicted octanol–water partition coefficient (Wildman–Crippen LogP) is 3.94. The van der Waals surface area contributed by atoms with Gasteiger partial charge in [-0.25, -0.2) is 0 Å². The molecular formula is C10H12BrCl2NO. The minimum absolute atomic E-state index is 0.383. The Morgan fingerprint density at radius 2 is 1.80 bits per heavy atom. The second kappa shape index (κ2) is 4.91. The van der Waals surface area contributed by atoms with E-state index in [1.54, 1.807) is 26.0 Å². The highest BCUT2D eigenvalue weighted by Crippen LogP contribution is 2.33. The molecule has 0 atom stereocenters. The van der Waals surface area contributed by atoms with Crippen LogP contribution >= 0.6 is 39.1 Å². The molecule has 1 aromatic carbocycles. The van der Waals surface area contributed by atoms with Gasteiger partial charge in [0, 0.05) is 11.0 Å². The fourth-order valence-electron chi connectivity index (χ4n) is 1.02. The Kier molecular flexibility index (Phi) is 4.29. The highest BCUT2D eigenvalue weighted by molar-refractivity contribution is 9.10. The van der Waals surface area contributed by atoms with Crippen molar-refractivity contribution in [3.8, 4) is 0 Å². The molecule has 84 valence electrons. The summed E-state index contributed by atoms with van der Waals surface area (Å²) in [7, 11) is 0. The van der Waals surface area contributed by atoms with Gasteiger partial charge in [-0.15, -0.1) is 0 Å². The SMILES string of the molecule is CC(C)(O)CNc1c(Cl)cc(Br)cc1Cl. The van der Waals surface area contributed by atoms with Gasteiger partial charge in [-0.2, -0.15) is 0 Å². The predicted molar refractivity (Wildman–Crippen MR) is 68.9 cm³/mol. The van der Waals surface area contributed by atoms with Crippen molar-refractivity contribution in [1.29, 1.82) is 0 Å². The molecule has 0 aliphatic rings. The van der Waals surface area contributed by atoms with Gasteiger partial charge >= 0.3 is 0 Å². The van der Waals surface area contributed by atoms with Crippen LogP contribution in [0.3, 0.4) is 0 Å². The summed E-state index contributed by atoms with van der Waals surface area (Å²) in [5, 5.41) is 13.6.